The van der Waals surface area contributed by atoms with E-state index in [-0.39, 0.29) is 18.4 Å². The number of aliphatic carboxylic acids is 1. The molecule has 2 fully saturated rings. The Labute approximate surface area is 120 Å². The van der Waals surface area contributed by atoms with Gasteiger partial charge in [0.05, 0.1) is 17.4 Å². The lowest BCUT2D eigenvalue weighted by atomic mass is 9.77. The molecule has 0 aromatic heterocycles. The summed E-state index contributed by atoms with van der Waals surface area (Å²) in [5, 5.41) is 12.2. The number of nitrogens with one attached hydrogen (secondary N) is 1. The number of carbonyl (C=O) groups excluding carboxylic acids is 1. The van der Waals surface area contributed by atoms with Gasteiger partial charge in [-0.2, -0.15) is 0 Å². The van der Waals surface area contributed by atoms with Gasteiger partial charge in [-0.05, 0) is 32.6 Å². The summed E-state index contributed by atoms with van der Waals surface area (Å²) in [5.74, 6) is -0.890. The summed E-state index contributed by atoms with van der Waals surface area (Å²) in [6.45, 7) is 1.91. The van der Waals surface area contributed by atoms with Gasteiger partial charge >= 0.3 is 5.97 Å². The van der Waals surface area contributed by atoms with E-state index < -0.39 is 16.9 Å². The number of carboxylic acid groups (broad SMARTS) is 1. The molecule has 0 saturated heterocycles. The third kappa shape index (κ3) is 2.97. The van der Waals surface area contributed by atoms with Gasteiger partial charge in [-0.25, -0.2) is 0 Å². The maximum Gasteiger partial charge on any atom is 0.305 e. The monoisotopic (exact) mass is 282 g/mol. The highest BCUT2D eigenvalue weighted by Crippen LogP contribution is 2.39. The van der Waals surface area contributed by atoms with Gasteiger partial charge in [-0.1, -0.05) is 25.7 Å². The molecule has 0 radical (unpaired) electrons. The number of carboxylic acids is 1. The average Bonchev–Trinajstić information content (AvgIpc) is 2.71. The highest BCUT2D eigenvalue weighted by atomic mass is 16.4. The van der Waals surface area contributed by atoms with E-state index in [2.05, 4.69) is 5.32 Å². The minimum Gasteiger partial charge on any atom is -0.481 e. The van der Waals surface area contributed by atoms with E-state index in [1.165, 1.54) is 0 Å². The summed E-state index contributed by atoms with van der Waals surface area (Å²) in [4.78, 5) is 23.8. The lowest BCUT2D eigenvalue weighted by Gasteiger charge is -2.40. The third-order valence-corrected chi connectivity index (χ3v) is 5.23. The summed E-state index contributed by atoms with van der Waals surface area (Å²) in [7, 11) is 0. The Kier molecular flexibility index (Phi) is 4.37. The van der Waals surface area contributed by atoms with Gasteiger partial charge in [0.1, 0.15) is 0 Å². The van der Waals surface area contributed by atoms with Crippen molar-refractivity contribution in [3.8, 4) is 0 Å². The van der Waals surface area contributed by atoms with Gasteiger partial charge in [0.25, 0.3) is 0 Å². The molecule has 0 bridgehead atoms. The van der Waals surface area contributed by atoms with E-state index in [0.29, 0.717) is 0 Å². The third-order valence-electron chi connectivity index (χ3n) is 5.23. The van der Waals surface area contributed by atoms with E-state index in [4.69, 9.17) is 10.8 Å². The van der Waals surface area contributed by atoms with Crippen molar-refractivity contribution in [2.45, 2.75) is 76.3 Å². The van der Waals surface area contributed by atoms with Crippen LogP contribution in [0.15, 0.2) is 0 Å². The molecule has 0 aromatic rings. The maximum atomic E-state index is 12.6. The molecule has 2 saturated carbocycles. The molecule has 0 heterocycles. The molecule has 1 amide bonds. The lowest BCUT2D eigenvalue weighted by Crippen LogP contribution is -2.57. The van der Waals surface area contributed by atoms with Crippen LogP contribution in [0.1, 0.15) is 64.7 Å². The first-order valence-corrected chi connectivity index (χ1v) is 7.68. The van der Waals surface area contributed by atoms with Gasteiger partial charge < -0.3 is 16.2 Å². The van der Waals surface area contributed by atoms with Crippen LogP contribution in [0.5, 0.6) is 0 Å². The summed E-state index contributed by atoms with van der Waals surface area (Å²) in [6.07, 6.45) is 7.26. The van der Waals surface area contributed by atoms with Crippen LogP contribution in [0.3, 0.4) is 0 Å². The summed E-state index contributed by atoms with van der Waals surface area (Å²) >= 11 is 0. The van der Waals surface area contributed by atoms with Crippen LogP contribution in [0, 0.1) is 5.41 Å². The number of hydrogen-bond donors (Lipinski definition) is 3. The second-order valence-corrected chi connectivity index (χ2v) is 6.78. The van der Waals surface area contributed by atoms with Gasteiger partial charge in [-0.15, -0.1) is 0 Å². The fourth-order valence-electron chi connectivity index (χ4n) is 3.72. The van der Waals surface area contributed by atoms with Crippen LogP contribution < -0.4 is 11.1 Å². The van der Waals surface area contributed by atoms with Crippen molar-refractivity contribution < 1.29 is 14.7 Å². The van der Waals surface area contributed by atoms with Crippen LogP contribution in [-0.4, -0.2) is 28.6 Å². The first-order valence-electron chi connectivity index (χ1n) is 7.68. The van der Waals surface area contributed by atoms with Crippen molar-refractivity contribution in [3.05, 3.63) is 0 Å². The maximum absolute atomic E-state index is 12.6. The summed E-state index contributed by atoms with van der Waals surface area (Å²) < 4.78 is 0. The van der Waals surface area contributed by atoms with Crippen molar-refractivity contribution >= 4 is 11.9 Å². The molecule has 0 aliphatic heterocycles. The molecule has 2 aliphatic carbocycles. The quantitative estimate of drug-likeness (QED) is 0.733. The van der Waals surface area contributed by atoms with E-state index in [1.54, 1.807) is 0 Å². The van der Waals surface area contributed by atoms with Crippen molar-refractivity contribution in [1.29, 1.82) is 0 Å². The Morgan fingerprint density at radius 3 is 2.35 bits per heavy atom. The molecule has 2 aliphatic rings. The van der Waals surface area contributed by atoms with Crippen LogP contribution in [-0.2, 0) is 9.59 Å². The molecule has 2 atom stereocenters. The lowest BCUT2D eigenvalue weighted by molar-refractivity contribution is -0.140. The van der Waals surface area contributed by atoms with Crippen molar-refractivity contribution in [3.63, 3.8) is 0 Å². The fourth-order valence-corrected chi connectivity index (χ4v) is 3.72. The van der Waals surface area contributed by atoms with E-state index in [9.17, 15) is 9.59 Å². The van der Waals surface area contributed by atoms with Gasteiger partial charge in [0.15, 0.2) is 0 Å². The first-order chi connectivity index (χ1) is 9.38. The smallest absolute Gasteiger partial charge is 0.305 e. The minimum absolute atomic E-state index is 0.0179. The molecular formula is C15H26N2O3. The molecule has 5 heteroatoms. The highest BCUT2D eigenvalue weighted by Gasteiger charge is 2.46. The summed E-state index contributed by atoms with van der Waals surface area (Å²) in [6, 6.07) is -0.118. The molecule has 0 spiro atoms. The van der Waals surface area contributed by atoms with Crippen LogP contribution in [0.4, 0.5) is 0 Å². The number of hydrogen-bond acceptors (Lipinski definition) is 3. The van der Waals surface area contributed by atoms with E-state index >= 15 is 0 Å². The Hall–Kier alpha value is -1.10. The Morgan fingerprint density at radius 2 is 1.85 bits per heavy atom. The molecule has 4 N–H and O–H groups in total. The molecule has 20 heavy (non-hydrogen) atoms. The predicted octanol–water partition coefficient (Wildman–Crippen LogP) is 1.80. The average molecular weight is 282 g/mol. The van der Waals surface area contributed by atoms with Gasteiger partial charge in [-0.3, -0.25) is 9.59 Å². The largest absolute Gasteiger partial charge is 0.481 e. The number of rotatable bonds is 4. The highest BCUT2D eigenvalue weighted by molar-refractivity contribution is 5.85. The van der Waals surface area contributed by atoms with Gasteiger partial charge in [0, 0.05) is 6.04 Å². The molecule has 2 rings (SSSR count). The van der Waals surface area contributed by atoms with Crippen LogP contribution in [0.25, 0.3) is 0 Å². The fraction of sp³-hybridized carbons (Fsp3) is 0.867. The SMILES string of the molecule is CC1(C(=O)NC2(CC(=O)O)CCCCC2)CCCC1N. The molecule has 0 aromatic carbocycles. The zero-order valence-corrected chi connectivity index (χ0v) is 12.3. The van der Waals surface area contributed by atoms with Crippen molar-refractivity contribution in [2.75, 3.05) is 0 Å². The summed E-state index contributed by atoms with van der Waals surface area (Å²) in [5.41, 5.74) is 4.98. The first kappa shape index (κ1) is 15.3. The van der Waals surface area contributed by atoms with Crippen LogP contribution >= 0.6 is 0 Å². The van der Waals surface area contributed by atoms with Crippen molar-refractivity contribution in [1.82, 2.24) is 5.32 Å². The zero-order valence-electron chi connectivity index (χ0n) is 12.3. The normalized spacial score (nSPS) is 32.8. The Bertz CT molecular complexity index is 391. The second-order valence-electron chi connectivity index (χ2n) is 6.78. The molecule has 5 nitrogen and oxygen atoms in total. The number of carbonyl (C=O) groups is 2. The molecule has 114 valence electrons. The topological polar surface area (TPSA) is 92.4 Å². The number of nitrogens with two attached hydrogens (primary N) is 1. The Morgan fingerprint density at radius 1 is 1.20 bits per heavy atom. The van der Waals surface area contributed by atoms with Gasteiger partial charge in [0.2, 0.25) is 5.91 Å². The second kappa shape index (κ2) is 5.72. The van der Waals surface area contributed by atoms with Crippen LogP contribution in [0.2, 0.25) is 0 Å². The zero-order chi connectivity index (χ0) is 14.8. The minimum atomic E-state index is -0.840. The molecule has 2 unspecified atom stereocenters. The van der Waals surface area contributed by atoms with Crippen molar-refractivity contribution in [2.24, 2.45) is 11.1 Å². The standard InChI is InChI=1S/C15H26N2O3/c1-14(7-5-6-11(14)16)13(20)17-15(10-12(18)19)8-3-2-4-9-15/h11H,2-10,16H2,1H3,(H,17,20)(H,18,19). The van der Waals surface area contributed by atoms with E-state index in [0.717, 1.165) is 51.4 Å². The Balaban J connectivity index is 2.11. The van der Waals surface area contributed by atoms with E-state index in [1.807, 2.05) is 6.92 Å². The molecular weight excluding hydrogens is 256 g/mol. The predicted molar refractivity (Wildman–Crippen MR) is 76.1 cm³/mol. The number of amides is 1.